The molecule has 0 saturated heterocycles. The number of aromatic nitrogens is 1. The highest BCUT2D eigenvalue weighted by molar-refractivity contribution is 6.40. The highest BCUT2D eigenvalue weighted by atomic mass is 35.5. The van der Waals surface area contributed by atoms with Crippen LogP contribution in [-0.2, 0) is 0 Å². The van der Waals surface area contributed by atoms with Crippen LogP contribution >= 0.6 is 23.2 Å². The van der Waals surface area contributed by atoms with Crippen LogP contribution < -0.4 is 15.4 Å². The molecule has 33 heavy (non-hydrogen) atoms. The van der Waals surface area contributed by atoms with Gasteiger partial charge in [0.05, 0.1) is 28.4 Å². The average molecular weight is 486 g/mol. The van der Waals surface area contributed by atoms with Gasteiger partial charge in [0.1, 0.15) is 5.58 Å². The number of carbonyl (C=O) groups is 2. The van der Waals surface area contributed by atoms with Gasteiger partial charge in [-0.3, -0.25) is 14.6 Å². The van der Waals surface area contributed by atoms with Gasteiger partial charge < -0.3 is 19.8 Å². The smallest absolute Gasteiger partial charge is 0.258 e. The molecular weight excluding hydrogens is 465 g/mol. The SMILES string of the molecule is COc1ccc(C(N)=O)c2c1oc1ccc(C(=O)N(c3c(Cl)cncc3Cl)C(C)(C)C)cc12. The van der Waals surface area contributed by atoms with Gasteiger partial charge in [-0.2, -0.15) is 0 Å². The Morgan fingerprint density at radius 1 is 1.09 bits per heavy atom. The van der Waals surface area contributed by atoms with E-state index in [1.807, 2.05) is 20.8 Å². The van der Waals surface area contributed by atoms with Gasteiger partial charge in [0.2, 0.25) is 5.91 Å². The first-order valence-electron chi connectivity index (χ1n) is 10.0. The number of methoxy groups -OCH3 is 1. The summed E-state index contributed by atoms with van der Waals surface area (Å²) < 4.78 is 11.3. The largest absolute Gasteiger partial charge is 0.493 e. The van der Waals surface area contributed by atoms with Crippen LogP contribution in [0, 0.1) is 0 Å². The van der Waals surface area contributed by atoms with Crippen molar-refractivity contribution in [2.75, 3.05) is 12.0 Å². The molecule has 4 aromatic rings. The minimum atomic E-state index is -0.666. The molecule has 0 aliphatic rings. The first-order valence-corrected chi connectivity index (χ1v) is 10.8. The predicted molar refractivity (Wildman–Crippen MR) is 130 cm³/mol. The minimum Gasteiger partial charge on any atom is -0.493 e. The molecule has 0 saturated carbocycles. The molecule has 170 valence electrons. The van der Waals surface area contributed by atoms with E-state index in [9.17, 15) is 9.59 Å². The zero-order valence-corrected chi connectivity index (χ0v) is 19.9. The molecule has 0 fully saturated rings. The number of nitrogens with two attached hydrogens (primary N) is 1. The highest BCUT2D eigenvalue weighted by Gasteiger charge is 2.33. The van der Waals surface area contributed by atoms with Gasteiger partial charge in [-0.15, -0.1) is 0 Å². The number of hydrogen-bond donors (Lipinski definition) is 1. The third-order valence-corrected chi connectivity index (χ3v) is 5.79. The fraction of sp³-hybridized carbons (Fsp3) is 0.208. The normalized spacial score (nSPS) is 11.7. The number of primary amides is 1. The van der Waals surface area contributed by atoms with Crippen molar-refractivity contribution in [3.05, 3.63) is 63.9 Å². The predicted octanol–water partition coefficient (Wildman–Crippen LogP) is 5.84. The first kappa shape index (κ1) is 22.9. The van der Waals surface area contributed by atoms with Crippen LogP contribution in [-0.4, -0.2) is 29.4 Å². The fourth-order valence-electron chi connectivity index (χ4n) is 3.84. The Balaban J connectivity index is 1.96. The summed E-state index contributed by atoms with van der Waals surface area (Å²) in [5.41, 5.74) is 6.77. The Morgan fingerprint density at radius 2 is 1.76 bits per heavy atom. The first-order chi connectivity index (χ1) is 15.5. The summed E-state index contributed by atoms with van der Waals surface area (Å²) in [6.07, 6.45) is 2.87. The lowest BCUT2D eigenvalue weighted by Crippen LogP contribution is -2.46. The second-order valence-electron chi connectivity index (χ2n) is 8.46. The number of amides is 2. The lowest BCUT2D eigenvalue weighted by molar-refractivity contribution is 0.0964. The van der Waals surface area contributed by atoms with Crippen molar-refractivity contribution in [2.45, 2.75) is 26.3 Å². The third-order valence-electron chi connectivity index (χ3n) is 5.24. The molecule has 0 spiro atoms. The van der Waals surface area contributed by atoms with E-state index >= 15 is 0 Å². The lowest BCUT2D eigenvalue weighted by atomic mass is 10.0. The third kappa shape index (κ3) is 3.87. The van der Waals surface area contributed by atoms with Crippen LogP contribution in [0.4, 0.5) is 5.69 Å². The number of hydrogen-bond acceptors (Lipinski definition) is 5. The van der Waals surface area contributed by atoms with Gasteiger partial charge in [-0.25, -0.2) is 0 Å². The van der Waals surface area contributed by atoms with Crippen molar-refractivity contribution in [3.8, 4) is 5.75 Å². The summed E-state index contributed by atoms with van der Waals surface area (Å²) >= 11 is 12.8. The molecule has 2 aromatic heterocycles. The number of pyridine rings is 1. The molecule has 2 N–H and O–H groups in total. The molecule has 7 nitrogen and oxygen atoms in total. The maximum Gasteiger partial charge on any atom is 0.258 e. The maximum atomic E-state index is 13.8. The number of rotatable bonds is 4. The van der Waals surface area contributed by atoms with E-state index < -0.39 is 11.4 Å². The van der Waals surface area contributed by atoms with Crippen LogP contribution in [0.25, 0.3) is 21.9 Å². The number of benzene rings is 2. The van der Waals surface area contributed by atoms with E-state index in [0.29, 0.717) is 38.9 Å². The van der Waals surface area contributed by atoms with Crippen molar-refractivity contribution < 1.29 is 18.7 Å². The molecule has 2 amide bonds. The summed E-state index contributed by atoms with van der Waals surface area (Å²) in [6, 6.07) is 8.17. The van der Waals surface area contributed by atoms with Crippen molar-refractivity contribution in [2.24, 2.45) is 5.73 Å². The average Bonchev–Trinajstić information content (AvgIpc) is 3.13. The summed E-state index contributed by atoms with van der Waals surface area (Å²) in [6.45, 7) is 5.62. The molecule has 0 aliphatic heterocycles. The summed E-state index contributed by atoms with van der Waals surface area (Å²) in [5, 5.41) is 1.54. The van der Waals surface area contributed by atoms with Gasteiger partial charge in [0.15, 0.2) is 11.3 Å². The van der Waals surface area contributed by atoms with Crippen LogP contribution in [0.15, 0.2) is 47.1 Å². The Bertz CT molecular complexity index is 1400. The molecular formula is C24H21Cl2N3O4. The van der Waals surface area contributed by atoms with Gasteiger partial charge in [-0.05, 0) is 51.1 Å². The lowest BCUT2D eigenvalue weighted by Gasteiger charge is -2.36. The monoisotopic (exact) mass is 485 g/mol. The highest BCUT2D eigenvalue weighted by Crippen LogP contribution is 2.40. The van der Waals surface area contributed by atoms with Gasteiger partial charge >= 0.3 is 0 Å². The standard InChI is InChI=1S/C24H21Cl2N3O4/c1-24(2,3)29(20-15(25)10-28-11-16(20)26)23(31)12-5-7-17-14(9-12)19-13(22(27)30)6-8-18(32-4)21(19)33-17/h5-11H,1-4H3,(H2,27,30). The molecule has 4 rings (SSSR count). The van der Waals surface area contributed by atoms with Crippen molar-refractivity contribution in [1.29, 1.82) is 0 Å². The number of ether oxygens (including phenoxy) is 1. The van der Waals surface area contributed by atoms with Crippen molar-refractivity contribution in [3.63, 3.8) is 0 Å². The molecule has 0 unspecified atom stereocenters. The Labute approximate surface area is 200 Å². The molecule has 0 radical (unpaired) electrons. The van der Waals surface area contributed by atoms with Crippen molar-refractivity contribution in [1.82, 2.24) is 4.98 Å². The molecule has 0 bridgehead atoms. The number of halogens is 2. The number of anilines is 1. The van der Waals surface area contributed by atoms with Crippen LogP contribution in [0.5, 0.6) is 5.75 Å². The molecule has 0 aliphatic carbocycles. The Hall–Kier alpha value is -3.29. The topological polar surface area (TPSA) is 98.7 Å². The van der Waals surface area contributed by atoms with Gasteiger partial charge in [0.25, 0.3) is 5.91 Å². The molecule has 2 aromatic carbocycles. The van der Waals surface area contributed by atoms with E-state index in [4.69, 9.17) is 38.1 Å². The van der Waals surface area contributed by atoms with E-state index in [2.05, 4.69) is 4.98 Å². The second-order valence-corrected chi connectivity index (χ2v) is 9.27. The van der Waals surface area contributed by atoms with Crippen molar-refractivity contribution >= 4 is 62.6 Å². The van der Waals surface area contributed by atoms with E-state index in [-0.39, 0.29) is 21.5 Å². The van der Waals surface area contributed by atoms with Crippen LogP contribution in [0.1, 0.15) is 41.5 Å². The summed E-state index contributed by atoms with van der Waals surface area (Å²) in [4.78, 5) is 31.4. The minimum absolute atomic E-state index is 0.251. The number of fused-ring (bicyclic) bond motifs is 3. The second kappa shape index (κ2) is 8.24. The number of carbonyl (C=O) groups excluding carboxylic acids is 2. The number of furan rings is 1. The quantitative estimate of drug-likeness (QED) is 0.391. The van der Waals surface area contributed by atoms with Gasteiger partial charge in [-0.1, -0.05) is 23.2 Å². The fourth-order valence-corrected chi connectivity index (χ4v) is 4.38. The van der Waals surface area contributed by atoms with E-state index in [1.165, 1.54) is 24.4 Å². The zero-order chi connectivity index (χ0) is 24.1. The van der Waals surface area contributed by atoms with Gasteiger partial charge in [0, 0.05) is 34.3 Å². The Morgan fingerprint density at radius 3 is 2.33 bits per heavy atom. The maximum absolute atomic E-state index is 13.8. The van der Waals surface area contributed by atoms with Crippen LogP contribution in [0.2, 0.25) is 10.0 Å². The molecule has 9 heteroatoms. The summed E-state index contributed by atoms with van der Waals surface area (Å²) in [5.74, 6) is -0.503. The summed E-state index contributed by atoms with van der Waals surface area (Å²) in [7, 11) is 1.50. The van der Waals surface area contributed by atoms with Crippen LogP contribution in [0.3, 0.4) is 0 Å². The Kier molecular flexibility index (Phi) is 5.72. The molecule has 0 atom stereocenters. The van der Waals surface area contributed by atoms with E-state index in [1.54, 1.807) is 30.3 Å². The molecule has 2 heterocycles. The van der Waals surface area contributed by atoms with E-state index in [0.717, 1.165) is 0 Å². The zero-order valence-electron chi connectivity index (χ0n) is 18.4. The number of nitrogens with zero attached hydrogens (tertiary/aromatic N) is 2.